The summed E-state index contributed by atoms with van der Waals surface area (Å²) in [7, 11) is -3.20. The summed E-state index contributed by atoms with van der Waals surface area (Å²) in [5, 5.41) is 3.81. The van der Waals surface area contributed by atoms with E-state index in [4.69, 9.17) is 11.6 Å². The molecule has 1 fully saturated rings. The molecular formula is C12H17ClN2O2S. The van der Waals surface area contributed by atoms with E-state index in [1.807, 2.05) is 12.1 Å². The number of rotatable bonds is 6. The zero-order valence-electron chi connectivity index (χ0n) is 10.0. The van der Waals surface area contributed by atoms with Gasteiger partial charge in [-0.15, -0.1) is 0 Å². The molecule has 0 radical (unpaired) electrons. The predicted octanol–water partition coefficient (Wildman–Crippen LogP) is 1.51. The molecule has 1 heterocycles. The lowest BCUT2D eigenvalue weighted by molar-refractivity contribution is 0.361. The van der Waals surface area contributed by atoms with Gasteiger partial charge in [0.1, 0.15) is 0 Å². The van der Waals surface area contributed by atoms with Crippen molar-refractivity contribution < 1.29 is 8.42 Å². The van der Waals surface area contributed by atoms with Gasteiger partial charge < -0.3 is 5.32 Å². The first-order chi connectivity index (χ1) is 8.55. The highest BCUT2D eigenvalue weighted by Crippen LogP contribution is 2.11. The first kappa shape index (κ1) is 13.8. The van der Waals surface area contributed by atoms with Crippen LogP contribution >= 0.6 is 11.6 Å². The van der Waals surface area contributed by atoms with Gasteiger partial charge in [-0.05, 0) is 37.1 Å². The second-order valence-electron chi connectivity index (χ2n) is 4.50. The normalized spacial score (nSPS) is 19.5. The summed E-state index contributed by atoms with van der Waals surface area (Å²) in [6.07, 6.45) is 1.74. The van der Waals surface area contributed by atoms with Crippen molar-refractivity contribution in [3.63, 3.8) is 0 Å². The molecular weight excluding hydrogens is 272 g/mol. The van der Waals surface area contributed by atoms with Crippen LogP contribution in [0, 0.1) is 0 Å². The fourth-order valence-corrected chi connectivity index (χ4v) is 3.14. The number of benzene rings is 1. The lowest BCUT2D eigenvalue weighted by Gasteiger charge is -2.27. The first-order valence-electron chi connectivity index (χ1n) is 6.00. The Morgan fingerprint density at radius 3 is 2.83 bits per heavy atom. The van der Waals surface area contributed by atoms with Crippen LogP contribution in [0.25, 0.3) is 0 Å². The van der Waals surface area contributed by atoms with E-state index in [9.17, 15) is 8.42 Å². The minimum atomic E-state index is -3.20. The van der Waals surface area contributed by atoms with Gasteiger partial charge in [0.15, 0.2) is 0 Å². The quantitative estimate of drug-likeness (QED) is 0.834. The molecule has 100 valence electrons. The lowest BCUT2D eigenvalue weighted by atomic mass is 10.1. The molecule has 6 heteroatoms. The van der Waals surface area contributed by atoms with Gasteiger partial charge in [-0.2, -0.15) is 0 Å². The zero-order valence-corrected chi connectivity index (χ0v) is 11.6. The molecule has 18 heavy (non-hydrogen) atoms. The second-order valence-corrected chi connectivity index (χ2v) is 6.86. The first-order valence-corrected chi connectivity index (χ1v) is 8.03. The molecule has 0 bridgehead atoms. The molecule has 1 aliphatic heterocycles. The van der Waals surface area contributed by atoms with Crippen LogP contribution in [0.2, 0.25) is 5.02 Å². The van der Waals surface area contributed by atoms with Gasteiger partial charge in [0.2, 0.25) is 10.0 Å². The highest BCUT2D eigenvalue weighted by atomic mass is 35.5. The monoisotopic (exact) mass is 288 g/mol. The molecule has 2 rings (SSSR count). The Bertz CT molecular complexity index is 501. The minimum Gasteiger partial charge on any atom is -0.314 e. The van der Waals surface area contributed by atoms with Crippen LogP contribution in [0.4, 0.5) is 0 Å². The fraction of sp³-hybridized carbons (Fsp3) is 0.500. The smallest absolute Gasteiger partial charge is 0.211 e. The van der Waals surface area contributed by atoms with Gasteiger partial charge in [0.05, 0.1) is 5.75 Å². The van der Waals surface area contributed by atoms with Crippen molar-refractivity contribution in [2.24, 2.45) is 0 Å². The van der Waals surface area contributed by atoms with Gasteiger partial charge in [-0.3, -0.25) is 0 Å². The largest absolute Gasteiger partial charge is 0.314 e. The third kappa shape index (κ3) is 4.24. The molecule has 0 spiro atoms. The third-order valence-electron chi connectivity index (χ3n) is 3.05. The van der Waals surface area contributed by atoms with E-state index < -0.39 is 10.0 Å². The van der Waals surface area contributed by atoms with Crippen molar-refractivity contribution in [3.8, 4) is 0 Å². The van der Waals surface area contributed by atoms with E-state index in [1.165, 1.54) is 0 Å². The molecule has 1 aromatic rings. The summed E-state index contributed by atoms with van der Waals surface area (Å²) in [4.78, 5) is 0. The number of hydrogen-bond acceptors (Lipinski definition) is 3. The van der Waals surface area contributed by atoms with Crippen molar-refractivity contribution >= 4 is 21.6 Å². The molecule has 0 aromatic heterocycles. The fourth-order valence-electron chi connectivity index (χ4n) is 1.80. The summed E-state index contributed by atoms with van der Waals surface area (Å²) in [6.45, 7) is 1.29. The molecule has 4 nitrogen and oxygen atoms in total. The highest BCUT2D eigenvalue weighted by molar-refractivity contribution is 7.89. The number of halogens is 1. The molecule has 1 aliphatic rings. The third-order valence-corrected chi connectivity index (χ3v) is 4.64. The minimum absolute atomic E-state index is 0.172. The SMILES string of the molecule is O=S(=O)(CCC1CCN1)NCc1cccc(Cl)c1. The summed E-state index contributed by atoms with van der Waals surface area (Å²) < 4.78 is 26.1. The maximum Gasteiger partial charge on any atom is 0.211 e. The van der Waals surface area contributed by atoms with E-state index in [1.54, 1.807) is 12.1 Å². The maximum absolute atomic E-state index is 11.8. The summed E-state index contributed by atoms with van der Waals surface area (Å²) in [5.74, 6) is 0.172. The molecule has 1 atom stereocenters. The lowest BCUT2D eigenvalue weighted by Crippen LogP contribution is -2.44. The standard InChI is InChI=1S/C12H17ClN2O2S/c13-11-3-1-2-10(8-11)9-15-18(16,17)7-5-12-4-6-14-12/h1-3,8,12,14-15H,4-7,9H2. The Morgan fingerprint density at radius 1 is 1.44 bits per heavy atom. The molecule has 1 saturated heterocycles. The Balaban J connectivity index is 1.80. The van der Waals surface area contributed by atoms with E-state index >= 15 is 0 Å². The maximum atomic E-state index is 11.8. The van der Waals surface area contributed by atoms with Crippen LogP contribution in [0.5, 0.6) is 0 Å². The van der Waals surface area contributed by atoms with Crippen LogP contribution in [0.1, 0.15) is 18.4 Å². The van der Waals surface area contributed by atoms with Gasteiger partial charge in [-0.1, -0.05) is 23.7 Å². The van der Waals surface area contributed by atoms with Crippen LogP contribution in [-0.4, -0.2) is 26.8 Å². The molecule has 1 unspecified atom stereocenters. The average molecular weight is 289 g/mol. The van der Waals surface area contributed by atoms with Gasteiger partial charge >= 0.3 is 0 Å². The van der Waals surface area contributed by atoms with Crippen LogP contribution in [0.15, 0.2) is 24.3 Å². The van der Waals surface area contributed by atoms with Crippen molar-refractivity contribution in [1.82, 2.24) is 10.0 Å². The van der Waals surface area contributed by atoms with Gasteiger partial charge in [0, 0.05) is 17.6 Å². The zero-order chi connectivity index (χ0) is 13.0. The summed E-state index contributed by atoms with van der Waals surface area (Å²) >= 11 is 5.84. The molecule has 0 saturated carbocycles. The number of sulfonamides is 1. The van der Waals surface area contributed by atoms with E-state index in [2.05, 4.69) is 10.0 Å². The van der Waals surface area contributed by atoms with Crippen molar-refractivity contribution in [2.75, 3.05) is 12.3 Å². The molecule has 0 amide bonds. The Morgan fingerprint density at radius 2 is 2.22 bits per heavy atom. The summed E-state index contributed by atoms with van der Waals surface area (Å²) in [6, 6.07) is 7.55. The predicted molar refractivity (Wildman–Crippen MR) is 73.1 cm³/mol. The number of hydrogen-bond donors (Lipinski definition) is 2. The Kier molecular flexibility index (Phi) is 4.61. The summed E-state index contributed by atoms with van der Waals surface area (Å²) in [5.41, 5.74) is 0.868. The average Bonchev–Trinajstić information content (AvgIpc) is 2.24. The van der Waals surface area contributed by atoms with Crippen molar-refractivity contribution in [2.45, 2.75) is 25.4 Å². The van der Waals surface area contributed by atoms with Crippen LogP contribution < -0.4 is 10.0 Å². The van der Waals surface area contributed by atoms with Crippen LogP contribution in [-0.2, 0) is 16.6 Å². The molecule has 0 aliphatic carbocycles. The van der Waals surface area contributed by atoms with Crippen LogP contribution in [0.3, 0.4) is 0 Å². The highest BCUT2D eigenvalue weighted by Gasteiger charge is 2.19. The van der Waals surface area contributed by atoms with E-state index in [0.29, 0.717) is 24.0 Å². The number of nitrogens with one attached hydrogen (secondary N) is 2. The Hall–Kier alpha value is -0.620. The van der Waals surface area contributed by atoms with Gasteiger partial charge in [-0.25, -0.2) is 13.1 Å². The molecule has 2 N–H and O–H groups in total. The second kappa shape index (κ2) is 6.02. The van der Waals surface area contributed by atoms with E-state index in [-0.39, 0.29) is 5.75 Å². The Labute approximate surface area is 113 Å². The van der Waals surface area contributed by atoms with Crippen molar-refractivity contribution in [1.29, 1.82) is 0 Å². The van der Waals surface area contributed by atoms with Gasteiger partial charge in [0.25, 0.3) is 0 Å². The van der Waals surface area contributed by atoms with E-state index in [0.717, 1.165) is 18.5 Å². The topological polar surface area (TPSA) is 58.2 Å². The molecule has 1 aromatic carbocycles. The van der Waals surface area contributed by atoms with Crippen molar-refractivity contribution in [3.05, 3.63) is 34.9 Å².